The lowest BCUT2D eigenvalue weighted by Gasteiger charge is -2.25. The van der Waals surface area contributed by atoms with E-state index >= 15 is 0 Å². The van der Waals surface area contributed by atoms with Crippen molar-refractivity contribution in [2.45, 2.75) is 45.9 Å². The molecule has 2 amide bonds. The van der Waals surface area contributed by atoms with E-state index in [9.17, 15) is 9.59 Å². The highest BCUT2D eigenvalue weighted by atomic mass is 32.1. The highest BCUT2D eigenvalue weighted by Gasteiger charge is 2.22. The number of carbonyl (C=O) groups excluding carboxylic acids is 2. The third-order valence-corrected chi connectivity index (χ3v) is 6.05. The Kier molecular flexibility index (Phi) is 6.76. The first kappa shape index (κ1) is 22.9. The number of anilines is 2. The van der Waals surface area contributed by atoms with Crippen LogP contribution in [0.5, 0.6) is 0 Å². The lowest BCUT2D eigenvalue weighted by Crippen LogP contribution is -2.29. The quantitative estimate of drug-likeness (QED) is 0.535. The molecule has 0 unspecified atom stereocenters. The van der Waals surface area contributed by atoms with Gasteiger partial charge in [0.05, 0.1) is 5.69 Å². The molecular weight excluding hydrogens is 436 g/mol. The zero-order chi connectivity index (χ0) is 23.4. The minimum absolute atomic E-state index is 0.268. The van der Waals surface area contributed by atoms with E-state index < -0.39 is 11.7 Å². The molecule has 0 spiro atoms. The van der Waals surface area contributed by atoms with Crippen molar-refractivity contribution in [2.24, 2.45) is 0 Å². The first-order chi connectivity index (χ1) is 15.7. The third-order valence-electron chi connectivity index (χ3n) is 5.05. The van der Waals surface area contributed by atoms with Crippen LogP contribution >= 0.6 is 11.3 Å². The standard InChI is InChI=1S/C25H28N4O3S/c1-25(2,3)32-24(31)26-19-11-7-10-18(14-19)22(30)28-23-27-20-12-13-29(16-21(20)33-23)15-17-8-5-4-6-9-17/h4-11,14H,12-13,15-16H2,1-3H3,(H,26,31)(H,27,28,30). The van der Waals surface area contributed by atoms with Crippen LogP contribution in [-0.2, 0) is 24.2 Å². The highest BCUT2D eigenvalue weighted by Crippen LogP contribution is 2.29. The minimum atomic E-state index is -0.598. The summed E-state index contributed by atoms with van der Waals surface area (Å²) in [5, 5.41) is 6.16. The third kappa shape index (κ3) is 6.40. The van der Waals surface area contributed by atoms with E-state index in [0.717, 1.165) is 31.7 Å². The Bertz CT molecular complexity index is 1140. The zero-order valence-electron chi connectivity index (χ0n) is 19.1. The number of thiazole rings is 1. The molecule has 4 rings (SSSR count). The van der Waals surface area contributed by atoms with Gasteiger partial charge in [-0.15, -0.1) is 11.3 Å². The molecular formula is C25H28N4O3S. The molecule has 33 heavy (non-hydrogen) atoms. The summed E-state index contributed by atoms with van der Waals surface area (Å²) in [5.41, 5.74) is 2.67. The van der Waals surface area contributed by atoms with Crippen LogP contribution in [-0.4, -0.2) is 34.0 Å². The summed E-state index contributed by atoms with van der Waals surface area (Å²) in [6.07, 6.45) is 0.303. The Morgan fingerprint density at radius 2 is 1.88 bits per heavy atom. The monoisotopic (exact) mass is 464 g/mol. The lowest BCUT2D eigenvalue weighted by atomic mass is 10.1. The maximum atomic E-state index is 12.8. The van der Waals surface area contributed by atoms with Crippen LogP contribution in [0.1, 0.15) is 47.3 Å². The Hall–Kier alpha value is -3.23. The molecule has 3 aromatic rings. The first-order valence-electron chi connectivity index (χ1n) is 10.9. The Morgan fingerprint density at radius 3 is 2.64 bits per heavy atom. The summed E-state index contributed by atoms with van der Waals surface area (Å²) in [6.45, 7) is 8.06. The summed E-state index contributed by atoms with van der Waals surface area (Å²) in [7, 11) is 0. The maximum Gasteiger partial charge on any atom is 0.412 e. The van der Waals surface area contributed by atoms with Crippen LogP contribution < -0.4 is 10.6 Å². The molecule has 0 saturated heterocycles. The van der Waals surface area contributed by atoms with Gasteiger partial charge in [0.2, 0.25) is 0 Å². The molecule has 7 nitrogen and oxygen atoms in total. The number of nitrogens with one attached hydrogen (secondary N) is 2. The Labute approximate surface area is 197 Å². The first-order valence-corrected chi connectivity index (χ1v) is 11.7. The zero-order valence-corrected chi connectivity index (χ0v) is 19.9. The average molecular weight is 465 g/mol. The van der Waals surface area contributed by atoms with Crippen molar-refractivity contribution in [1.29, 1.82) is 0 Å². The molecule has 0 bridgehead atoms. The van der Waals surface area contributed by atoms with E-state index in [1.807, 2.05) is 6.07 Å². The van der Waals surface area contributed by atoms with Gasteiger partial charge in [0, 0.05) is 42.2 Å². The number of carbonyl (C=O) groups is 2. The number of hydrogen-bond donors (Lipinski definition) is 2. The summed E-state index contributed by atoms with van der Waals surface area (Å²) < 4.78 is 5.27. The summed E-state index contributed by atoms with van der Waals surface area (Å²) >= 11 is 1.52. The molecule has 1 aromatic heterocycles. The molecule has 0 fully saturated rings. The number of amides is 2. The molecule has 1 aliphatic heterocycles. The molecule has 2 aromatic carbocycles. The molecule has 2 N–H and O–H groups in total. The van der Waals surface area contributed by atoms with E-state index in [0.29, 0.717) is 16.4 Å². The van der Waals surface area contributed by atoms with E-state index in [1.165, 1.54) is 21.8 Å². The Balaban J connectivity index is 1.37. The van der Waals surface area contributed by atoms with Crippen LogP contribution in [0.2, 0.25) is 0 Å². The second-order valence-electron chi connectivity index (χ2n) is 9.00. The number of nitrogens with zero attached hydrogens (tertiary/aromatic N) is 2. The van der Waals surface area contributed by atoms with Gasteiger partial charge >= 0.3 is 6.09 Å². The van der Waals surface area contributed by atoms with Crippen molar-refractivity contribution in [3.05, 3.63) is 76.3 Å². The van der Waals surface area contributed by atoms with E-state index in [-0.39, 0.29) is 5.91 Å². The molecule has 0 aliphatic carbocycles. The van der Waals surface area contributed by atoms with Crippen molar-refractivity contribution in [2.75, 3.05) is 17.2 Å². The topological polar surface area (TPSA) is 83.6 Å². The minimum Gasteiger partial charge on any atom is -0.444 e. The van der Waals surface area contributed by atoms with E-state index in [4.69, 9.17) is 4.74 Å². The van der Waals surface area contributed by atoms with Crippen LogP contribution in [0.4, 0.5) is 15.6 Å². The van der Waals surface area contributed by atoms with Crippen molar-refractivity contribution in [3.63, 3.8) is 0 Å². The maximum absolute atomic E-state index is 12.8. The van der Waals surface area contributed by atoms with Gasteiger partial charge in [-0.25, -0.2) is 9.78 Å². The smallest absolute Gasteiger partial charge is 0.412 e. The number of fused-ring (bicyclic) bond motifs is 1. The van der Waals surface area contributed by atoms with Gasteiger partial charge in [0.15, 0.2) is 5.13 Å². The number of ether oxygens (including phenoxy) is 1. The normalized spacial score (nSPS) is 13.8. The molecule has 2 heterocycles. The molecule has 8 heteroatoms. The van der Waals surface area contributed by atoms with Crippen molar-refractivity contribution < 1.29 is 14.3 Å². The highest BCUT2D eigenvalue weighted by molar-refractivity contribution is 7.15. The van der Waals surface area contributed by atoms with Crippen molar-refractivity contribution in [1.82, 2.24) is 9.88 Å². The van der Waals surface area contributed by atoms with Crippen LogP contribution in [0, 0.1) is 0 Å². The molecule has 0 saturated carbocycles. The SMILES string of the molecule is CC(C)(C)OC(=O)Nc1cccc(C(=O)Nc2nc3c(s2)CN(Cc2ccccc2)CC3)c1. The fourth-order valence-corrected chi connectivity index (χ4v) is 4.65. The summed E-state index contributed by atoms with van der Waals surface area (Å²) in [4.78, 5) is 33.0. The van der Waals surface area contributed by atoms with Gasteiger partial charge in [-0.3, -0.25) is 20.3 Å². The number of hydrogen-bond acceptors (Lipinski definition) is 6. The number of rotatable bonds is 5. The molecule has 0 atom stereocenters. The predicted octanol–water partition coefficient (Wildman–Crippen LogP) is 5.30. The fraction of sp³-hybridized carbons (Fsp3) is 0.320. The number of aromatic nitrogens is 1. The lowest BCUT2D eigenvalue weighted by molar-refractivity contribution is 0.0635. The molecule has 1 aliphatic rings. The molecule has 0 radical (unpaired) electrons. The Morgan fingerprint density at radius 1 is 1.09 bits per heavy atom. The van der Waals surface area contributed by atoms with E-state index in [2.05, 4.69) is 44.8 Å². The van der Waals surface area contributed by atoms with Crippen molar-refractivity contribution in [3.8, 4) is 0 Å². The second-order valence-corrected chi connectivity index (χ2v) is 10.1. The number of benzene rings is 2. The fourth-order valence-electron chi connectivity index (χ4n) is 3.61. The van der Waals surface area contributed by atoms with Crippen LogP contribution in [0.15, 0.2) is 54.6 Å². The predicted molar refractivity (Wildman–Crippen MR) is 131 cm³/mol. The van der Waals surface area contributed by atoms with Crippen LogP contribution in [0.3, 0.4) is 0 Å². The van der Waals surface area contributed by atoms with E-state index in [1.54, 1.807) is 45.0 Å². The van der Waals surface area contributed by atoms with Crippen molar-refractivity contribution >= 4 is 34.2 Å². The van der Waals surface area contributed by atoms with Crippen LogP contribution in [0.25, 0.3) is 0 Å². The van der Waals surface area contributed by atoms with Gasteiger partial charge in [-0.05, 0) is 44.5 Å². The van der Waals surface area contributed by atoms with Gasteiger partial charge < -0.3 is 4.74 Å². The van der Waals surface area contributed by atoms with Gasteiger partial charge in [-0.2, -0.15) is 0 Å². The summed E-state index contributed by atoms with van der Waals surface area (Å²) in [6, 6.07) is 17.2. The summed E-state index contributed by atoms with van der Waals surface area (Å²) in [5.74, 6) is -0.268. The van der Waals surface area contributed by atoms with Gasteiger partial charge in [0.1, 0.15) is 5.60 Å². The van der Waals surface area contributed by atoms with Gasteiger partial charge in [-0.1, -0.05) is 36.4 Å². The average Bonchev–Trinajstić information content (AvgIpc) is 3.14. The largest absolute Gasteiger partial charge is 0.444 e. The second kappa shape index (κ2) is 9.72. The van der Waals surface area contributed by atoms with Gasteiger partial charge in [0.25, 0.3) is 5.91 Å². The molecule has 172 valence electrons.